The Morgan fingerprint density at radius 3 is 2.00 bits per heavy atom. The number of hydrogen-bond donors (Lipinski definition) is 2. The minimum Gasteiger partial charge on any atom is -0.399 e. The zero-order valence-corrected chi connectivity index (χ0v) is 10.4. The van der Waals surface area contributed by atoms with E-state index in [2.05, 4.69) is 4.72 Å². The summed E-state index contributed by atoms with van der Waals surface area (Å²) in [6.07, 6.45) is 0. The lowest BCUT2D eigenvalue weighted by molar-refractivity contribution is 0.584. The van der Waals surface area contributed by atoms with Gasteiger partial charge in [-0.15, -0.1) is 0 Å². The van der Waals surface area contributed by atoms with Crippen LogP contribution in [0.2, 0.25) is 0 Å². The molecule has 100 valence electrons. The number of benzene rings is 2. The molecule has 0 aliphatic carbocycles. The quantitative estimate of drug-likeness (QED) is 0.850. The fourth-order valence-corrected chi connectivity index (χ4v) is 2.51. The number of hydrogen-bond acceptors (Lipinski definition) is 3. The van der Waals surface area contributed by atoms with Crippen molar-refractivity contribution in [2.24, 2.45) is 0 Å². The van der Waals surface area contributed by atoms with Gasteiger partial charge in [0, 0.05) is 11.8 Å². The van der Waals surface area contributed by atoms with Gasteiger partial charge in [0.25, 0.3) is 10.0 Å². The summed E-state index contributed by atoms with van der Waals surface area (Å²) in [7, 11) is -3.90. The molecule has 0 atom stereocenters. The average Bonchev–Trinajstić information content (AvgIpc) is 2.27. The van der Waals surface area contributed by atoms with Crippen molar-refractivity contribution in [2.45, 2.75) is 4.90 Å². The maximum Gasteiger partial charge on any atom is 0.261 e. The maximum atomic E-state index is 13.0. The van der Waals surface area contributed by atoms with Crippen molar-refractivity contribution in [2.75, 3.05) is 10.5 Å². The normalized spacial score (nSPS) is 11.3. The summed E-state index contributed by atoms with van der Waals surface area (Å²) >= 11 is 0. The SMILES string of the molecule is Nc1ccc(S(=O)(=O)Nc2cc(F)cc(F)c2)cc1. The number of nitrogens with two attached hydrogens (primary N) is 1. The molecular weight excluding hydrogens is 274 g/mol. The predicted octanol–water partition coefficient (Wildman–Crippen LogP) is 2.35. The molecule has 0 aromatic heterocycles. The second kappa shape index (κ2) is 4.85. The molecule has 2 aromatic rings. The van der Waals surface area contributed by atoms with Gasteiger partial charge in [0.15, 0.2) is 0 Å². The molecule has 0 radical (unpaired) electrons. The molecule has 4 nitrogen and oxygen atoms in total. The maximum absolute atomic E-state index is 13.0. The Labute approximate surface area is 108 Å². The lowest BCUT2D eigenvalue weighted by atomic mass is 10.3. The Bertz CT molecular complexity index is 680. The van der Waals surface area contributed by atoms with E-state index < -0.39 is 21.7 Å². The molecule has 0 spiro atoms. The van der Waals surface area contributed by atoms with Crippen LogP contribution < -0.4 is 10.5 Å². The van der Waals surface area contributed by atoms with Crippen LogP contribution in [-0.2, 0) is 10.0 Å². The monoisotopic (exact) mass is 284 g/mol. The predicted molar refractivity (Wildman–Crippen MR) is 68.0 cm³/mol. The standard InChI is InChI=1S/C12H10F2N2O2S/c13-8-5-9(14)7-11(6-8)16-19(17,18)12-3-1-10(15)2-4-12/h1-7,16H,15H2. The van der Waals surface area contributed by atoms with Crippen molar-refractivity contribution in [3.8, 4) is 0 Å². The van der Waals surface area contributed by atoms with Gasteiger partial charge in [-0.25, -0.2) is 17.2 Å². The van der Waals surface area contributed by atoms with E-state index in [1.54, 1.807) is 0 Å². The zero-order chi connectivity index (χ0) is 14.0. The molecule has 0 fully saturated rings. The lowest BCUT2D eigenvalue weighted by Crippen LogP contribution is -2.13. The van der Waals surface area contributed by atoms with Crippen molar-refractivity contribution < 1.29 is 17.2 Å². The smallest absolute Gasteiger partial charge is 0.261 e. The summed E-state index contributed by atoms with van der Waals surface area (Å²) < 4.78 is 51.9. The number of anilines is 2. The third-order valence-electron chi connectivity index (χ3n) is 2.31. The van der Waals surface area contributed by atoms with Crippen LogP contribution in [-0.4, -0.2) is 8.42 Å². The second-order valence-corrected chi connectivity index (χ2v) is 5.52. The van der Waals surface area contributed by atoms with Crippen molar-refractivity contribution >= 4 is 21.4 Å². The van der Waals surface area contributed by atoms with Crippen LogP contribution in [0.25, 0.3) is 0 Å². The van der Waals surface area contributed by atoms with Crippen LogP contribution in [0.1, 0.15) is 0 Å². The van der Waals surface area contributed by atoms with Gasteiger partial charge in [-0.3, -0.25) is 4.72 Å². The fourth-order valence-electron chi connectivity index (χ4n) is 1.47. The van der Waals surface area contributed by atoms with E-state index in [0.717, 1.165) is 12.1 Å². The van der Waals surface area contributed by atoms with Crippen LogP contribution in [0.15, 0.2) is 47.4 Å². The first-order valence-corrected chi connectivity index (χ1v) is 6.69. The van der Waals surface area contributed by atoms with Crippen molar-refractivity contribution in [3.63, 3.8) is 0 Å². The molecule has 7 heteroatoms. The van der Waals surface area contributed by atoms with Gasteiger partial charge in [-0.2, -0.15) is 0 Å². The average molecular weight is 284 g/mol. The molecule has 0 unspecified atom stereocenters. The molecule has 0 aliphatic rings. The van der Waals surface area contributed by atoms with E-state index in [9.17, 15) is 17.2 Å². The zero-order valence-electron chi connectivity index (χ0n) is 9.60. The highest BCUT2D eigenvalue weighted by Crippen LogP contribution is 2.19. The molecule has 0 bridgehead atoms. The molecule has 2 rings (SSSR count). The van der Waals surface area contributed by atoms with Crippen molar-refractivity contribution in [1.82, 2.24) is 0 Å². The van der Waals surface area contributed by atoms with Gasteiger partial charge in [0.1, 0.15) is 11.6 Å². The molecule has 0 aliphatic heterocycles. The number of nitrogens with one attached hydrogen (secondary N) is 1. The summed E-state index contributed by atoms with van der Waals surface area (Å²) in [4.78, 5) is -0.0497. The molecule has 19 heavy (non-hydrogen) atoms. The highest BCUT2D eigenvalue weighted by molar-refractivity contribution is 7.92. The summed E-state index contributed by atoms with van der Waals surface area (Å²) in [5.41, 5.74) is 5.67. The molecular formula is C12H10F2N2O2S. The van der Waals surface area contributed by atoms with Crippen molar-refractivity contribution in [1.29, 1.82) is 0 Å². The van der Waals surface area contributed by atoms with Crippen LogP contribution in [0, 0.1) is 11.6 Å². The van der Waals surface area contributed by atoms with Gasteiger partial charge >= 0.3 is 0 Å². The first kappa shape index (κ1) is 13.3. The first-order chi connectivity index (χ1) is 8.87. The fraction of sp³-hybridized carbons (Fsp3) is 0. The molecule has 0 saturated carbocycles. The van der Waals surface area contributed by atoms with E-state index >= 15 is 0 Å². The van der Waals surface area contributed by atoms with Crippen molar-refractivity contribution in [3.05, 3.63) is 54.1 Å². The topological polar surface area (TPSA) is 72.2 Å². The Balaban J connectivity index is 2.33. The third-order valence-corrected chi connectivity index (χ3v) is 3.70. The number of halogens is 2. The van der Waals surface area contributed by atoms with Gasteiger partial charge in [0.2, 0.25) is 0 Å². The van der Waals surface area contributed by atoms with E-state index in [1.807, 2.05) is 0 Å². The van der Waals surface area contributed by atoms with Gasteiger partial charge in [-0.1, -0.05) is 0 Å². The highest BCUT2D eigenvalue weighted by atomic mass is 32.2. The summed E-state index contributed by atoms with van der Waals surface area (Å²) in [5, 5.41) is 0. The van der Waals surface area contributed by atoms with Gasteiger partial charge in [0.05, 0.1) is 10.6 Å². The number of nitrogen functional groups attached to an aromatic ring is 1. The van der Waals surface area contributed by atoms with E-state index in [1.165, 1.54) is 24.3 Å². The molecule has 3 N–H and O–H groups in total. The summed E-state index contributed by atoms with van der Waals surface area (Å²) in [6, 6.07) is 7.86. The van der Waals surface area contributed by atoms with Crippen LogP contribution in [0.5, 0.6) is 0 Å². The van der Waals surface area contributed by atoms with E-state index in [-0.39, 0.29) is 10.6 Å². The first-order valence-electron chi connectivity index (χ1n) is 5.21. The third kappa shape index (κ3) is 3.19. The van der Waals surface area contributed by atoms with Gasteiger partial charge < -0.3 is 5.73 Å². The molecule has 0 amide bonds. The minimum absolute atomic E-state index is 0.0497. The largest absolute Gasteiger partial charge is 0.399 e. The van der Waals surface area contributed by atoms with E-state index in [4.69, 9.17) is 5.73 Å². The Kier molecular flexibility index (Phi) is 3.39. The van der Waals surface area contributed by atoms with E-state index in [0.29, 0.717) is 11.8 Å². The van der Waals surface area contributed by atoms with Crippen LogP contribution in [0.3, 0.4) is 0 Å². The Morgan fingerprint density at radius 2 is 1.47 bits per heavy atom. The molecule has 0 saturated heterocycles. The molecule has 2 aromatic carbocycles. The Morgan fingerprint density at radius 1 is 0.947 bits per heavy atom. The summed E-state index contributed by atoms with van der Waals surface area (Å²) in [5.74, 6) is -1.73. The molecule has 0 heterocycles. The minimum atomic E-state index is -3.90. The number of rotatable bonds is 3. The summed E-state index contributed by atoms with van der Waals surface area (Å²) in [6.45, 7) is 0. The lowest BCUT2D eigenvalue weighted by Gasteiger charge is -2.08. The van der Waals surface area contributed by atoms with Crippen LogP contribution >= 0.6 is 0 Å². The van der Waals surface area contributed by atoms with Gasteiger partial charge in [-0.05, 0) is 36.4 Å². The second-order valence-electron chi connectivity index (χ2n) is 3.83. The Hall–Kier alpha value is -2.15. The number of sulfonamides is 1. The van der Waals surface area contributed by atoms with Crippen LogP contribution in [0.4, 0.5) is 20.2 Å². The highest BCUT2D eigenvalue weighted by Gasteiger charge is 2.14.